The minimum atomic E-state index is -0.919. The number of hydrogen-bond donors (Lipinski definition) is 3. The van der Waals surface area contributed by atoms with Crippen LogP contribution >= 0.6 is 0 Å². The molecule has 7 rings (SSSR count). The number of halogens is 1. The number of fused-ring (bicyclic) bond motifs is 3. The van der Waals surface area contributed by atoms with Crippen LogP contribution in [0.3, 0.4) is 0 Å². The molecule has 4 aliphatic rings. The Morgan fingerprint density at radius 3 is 2.14 bits per heavy atom. The number of carbonyl (C=O) groups is 3. The van der Waals surface area contributed by atoms with Gasteiger partial charge in [-0.1, -0.05) is 6.07 Å². The number of piperidine rings is 1. The third kappa shape index (κ3) is 6.90. The first-order valence-corrected chi connectivity index (χ1v) is 17.8. The second kappa shape index (κ2) is 13.4. The number of hydrogen-bond acceptors (Lipinski definition) is 6. The second-order valence-electron chi connectivity index (χ2n) is 15.1. The highest BCUT2D eigenvalue weighted by Crippen LogP contribution is 2.40. The highest BCUT2D eigenvalue weighted by Gasteiger charge is 2.46. The topological polar surface area (TPSA) is 131 Å². The van der Waals surface area contributed by atoms with Crippen molar-refractivity contribution < 1.29 is 29.0 Å². The summed E-state index contributed by atoms with van der Waals surface area (Å²) in [5, 5.41) is 23.0. The maximum Gasteiger partial charge on any atom is 0.407 e. The van der Waals surface area contributed by atoms with Gasteiger partial charge in [0.1, 0.15) is 5.82 Å². The summed E-state index contributed by atoms with van der Waals surface area (Å²) in [5.41, 5.74) is 2.50. The molecule has 2 aromatic carbocycles. The van der Waals surface area contributed by atoms with Crippen LogP contribution in [-0.2, 0) is 11.3 Å². The lowest BCUT2D eigenvalue weighted by Crippen LogP contribution is -2.58. The number of amides is 3. The number of imidazole rings is 1. The monoisotopic (exact) mass is 674 g/mol. The SMILES string of the molecule is CC(C)(O)C1CCN(Cc2ccc3nc(NC(=O)c4ccc(F)cc4)n(C4CCC(C(=O)N5C6CCC5CN(C(=O)O)C6)CC4)c3c2)CC1. The van der Waals surface area contributed by atoms with E-state index in [9.17, 15) is 29.0 Å². The summed E-state index contributed by atoms with van der Waals surface area (Å²) in [6.07, 6.45) is 5.52. The highest BCUT2D eigenvalue weighted by molar-refractivity contribution is 6.04. The molecule has 3 amide bonds. The van der Waals surface area contributed by atoms with Gasteiger partial charge in [-0.05, 0) is 126 Å². The molecule has 2 bridgehead atoms. The van der Waals surface area contributed by atoms with Crippen molar-refractivity contribution in [3.8, 4) is 0 Å². The van der Waals surface area contributed by atoms with Gasteiger partial charge >= 0.3 is 6.09 Å². The van der Waals surface area contributed by atoms with Gasteiger partial charge in [-0.2, -0.15) is 0 Å². The Kier molecular flexibility index (Phi) is 9.12. The standard InChI is InChI=1S/C37H47FN6O5/c1-37(2,49)26-15-17-41(18-16-26)20-23-3-14-31-32(19-23)44(35(39-31)40-33(45)24-4-8-27(38)9-5-24)28-10-6-25(7-11-28)34(46)43-29-12-13-30(43)22-42(21-29)36(47)48/h3-5,8-9,14,19,25-26,28-30,49H,6-7,10-13,15-18,20-22H2,1-2H3,(H,47,48)(H,39,40,45). The first kappa shape index (κ1) is 33.5. The molecule has 0 radical (unpaired) electrons. The van der Waals surface area contributed by atoms with Crippen LogP contribution in [0.15, 0.2) is 42.5 Å². The molecule has 3 saturated heterocycles. The molecular formula is C37H47FN6O5. The number of likely N-dealkylation sites (tertiary alicyclic amines) is 2. The minimum Gasteiger partial charge on any atom is -0.465 e. The van der Waals surface area contributed by atoms with Gasteiger partial charge in [0.15, 0.2) is 0 Å². The van der Waals surface area contributed by atoms with Crippen LogP contribution in [0.5, 0.6) is 0 Å². The van der Waals surface area contributed by atoms with E-state index in [4.69, 9.17) is 4.98 Å². The maximum absolute atomic E-state index is 13.8. The molecule has 3 aliphatic heterocycles. The fourth-order valence-electron chi connectivity index (χ4n) is 8.74. The fraction of sp³-hybridized carbons (Fsp3) is 0.568. The van der Waals surface area contributed by atoms with E-state index in [0.717, 1.165) is 74.8 Å². The summed E-state index contributed by atoms with van der Waals surface area (Å²) in [6.45, 7) is 7.15. The number of carboxylic acid groups (broad SMARTS) is 1. The largest absolute Gasteiger partial charge is 0.465 e. The molecule has 2 atom stereocenters. The van der Waals surface area contributed by atoms with Gasteiger partial charge in [-0.15, -0.1) is 0 Å². The van der Waals surface area contributed by atoms with Crippen LogP contribution in [0.4, 0.5) is 15.1 Å². The number of piperazine rings is 1. The summed E-state index contributed by atoms with van der Waals surface area (Å²) in [6, 6.07) is 11.6. The smallest absolute Gasteiger partial charge is 0.407 e. The summed E-state index contributed by atoms with van der Waals surface area (Å²) < 4.78 is 15.7. The number of nitrogens with zero attached hydrogens (tertiary/aromatic N) is 5. The van der Waals surface area contributed by atoms with Crippen molar-refractivity contribution in [2.24, 2.45) is 11.8 Å². The van der Waals surface area contributed by atoms with Gasteiger partial charge in [0, 0.05) is 49.2 Å². The molecule has 3 N–H and O–H groups in total. The number of carbonyl (C=O) groups excluding carboxylic acids is 2. The predicted molar refractivity (Wildman–Crippen MR) is 183 cm³/mol. The number of aromatic nitrogens is 2. The average Bonchev–Trinajstić information content (AvgIpc) is 3.56. The Morgan fingerprint density at radius 2 is 1.53 bits per heavy atom. The zero-order valence-electron chi connectivity index (χ0n) is 28.4. The first-order valence-electron chi connectivity index (χ1n) is 17.8. The zero-order chi connectivity index (χ0) is 34.4. The van der Waals surface area contributed by atoms with Crippen molar-refractivity contribution >= 4 is 34.9 Å². The number of aliphatic hydroxyl groups is 1. The third-order valence-electron chi connectivity index (χ3n) is 11.5. The van der Waals surface area contributed by atoms with E-state index in [0.29, 0.717) is 37.4 Å². The Morgan fingerprint density at radius 1 is 0.898 bits per heavy atom. The van der Waals surface area contributed by atoms with Crippen molar-refractivity contribution in [2.75, 3.05) is 31.5 Å². The molecule has 49 heavy (non-hydrogen) atoms. The number of rotatable bonds is 7. The lowest BCUT2D eigenvalue weighted by atomic mass is 9.83. The van der Waals surface area contributed by atoms with E-state index in [-0.39, 0.29) is 41.8 Å². The fourth-order valence-corrected chi connectivity index (χ4v) is 8.74. The number of benzene rings is 2. The van der Waals surface area contributed by atoms with Crippen LogP contribution in [0.25, 0.3) is 11.0 Å². The predicted octanol–water partition coefficient (Wildman–Crippen LogP) is 5.50. The summed E-state index contributed by atoms with van der Waals surface area (Å²) in [5.74, 6) is -0.0383. The van der Waals surface area contributed by atoms with E-state index >= 15 is 0 Å². The van der Waals surface area contributed by atoms with E-state index in [2.05, 4.69) is 26.9 Å². The molecule has 4 fully saturated rings. The Labute approximate surface area is 286 Å². The molecule has 1 aliphatic carbocycles. The molecule has 3 aromatic rings. The molecule has 2 unspecified atom stereocenters. The highest BCUT2D eigenvalue weighted by atomic mass is 19.1. The number of anilines is 1. The molecule has 4 heterocycles. The Bertz CT molecular complexity index is 1690. The van der Waals surface area contributed by atoms with E-state index in [1.165, 1.54) is 29.2 Å². The normalized spacial score (nSPS) is 25.1. The third-order valence-corrected chi connectivity index (χ3v) is 11.5. The van der Waals surface area contributed by atoms with Crippen LogP contribution in [-0.4, -0.2) is 96.2 Å². The second-order valence-corrected chi connectivity index (χ2v) is 15.1. The quantitative estimate of drug-likeness (QED) is 0.302. The van der Waals surface area contributed by atoms with Crippen molar-refractivity contribution in [3.05, 3.63) is 59.4 Å². The minimum absolute atomic E-state index is 0.0101. The zero-order valence-corrected chi connectivity index (χ0v) is 28.4. The van der Waals surface area contributed by atoms with Crippen molar-refractivity contribution in [1.82, 2.24) is 24.3 Å². The van der Waals surface area contributed by atoms with Crippen LogP contribution < -0.4 is 5.32 Å². The van der Waals surface area contributed by atoms with Crippen LogP contribution in [0.1, 0.15) is 87.2 Å². The summed E-state index contributed by atoms with van der Waals surface area (Å²) in [4.78, 5) is 49.5. The van der Waals surface area contributed by atoms with Gasteiger partial charge in [0.05, 0.1) is 16.6 Å². The molecule has 11 nitrogen and oxygen atoms in total. The lowest BCUT2D eigenvalue weighted by molar-refractivity contribution is -0.142. The molecular weight excluding hydrogens is 627 g/mol. The van der Waals surface area contributed by atoms with Gasteiger partial charge in [0.25, 0.3) is 5.91 Å². The summed E-state index contributed by atoms with van der Waals surface area (Å²) >= 11 is 0. The van der Waals surface area contributed by atoms with Gasteiger partial charge in [-0.25, -0.2) is 14.2 Å². The molecule has 1 saturated carbocycles. The van der Waals surface area contributed by atoms with Gasteiger partial charge < -0.3 is 24.6 Å². The Hall–Kier alpha value is -4.03. The molecule has 1 aromatic heterocycles. The van der Waals surface area contributed by atoms with Crippen molar-refractivity contribution in [3.63, 3.8) is 0 Å². The van der Waals surface area contributed by atoms with E-state index in [1.807, 2.05) is 24.8 Å². The number of nitrogens with one attached hydrogen (secondary N) is 1. The average molecular weight is 675 g/mol. The first-order chi connectivity index (χ1) is 23.4. The van der Waals surface area contributed by atoms with Gasteiger partial charge in [0.2, 0.25) is 11.9 Å². The summed E-state index contributed by atoms with van der Waals surface area (Å²) in [7, 11) is 0. The molecule has 12 heteroatoms. The molecule has 262 valence electrons. The van der Waals surface area contributed by atoms with Crippen LogP contribution in [0, 0.1) is 17.7 Å². The maximum atomic E-state index is 13.8. The van der Waals surface area contributed by atoms with E-state index in [1.54, 1.807) is 0 Å². The van der Waals surface area contributed by atoms with Crippen molar-refractivity contribution in [2.45, 2.75) is 95.5 Å². The van der Waals surface area contributed by atoms with Crippen molar-refractivity contribution in [1.29, 1.82) is 0 Å². The molecule has 0 spiro atoms. The van der Waals surface area contributed by atoms with Gasteiger partial charge in [-0.3, -0.25) is 19.8 Å². The van der Waals surface area contributed by atoms with Crippen LogP contribution in [0.2, 0.25) is 0 Å². The lowest BCUT2D eigenvalue weighted by Gasteiger charge is -2.42. The van der Waals surface area contributed by atoms with E-state index < -0.39 is 17.5 Å². The Balaban J connectivity index is 1.10.